The van der Waals surface area contributed by atoms with Crippen LogP contribution in [0.2, 0.25) is 0 Å². The number of nitrogen functional groups attached to an aromatic ring is 1. The van der Waals surface area contributed by atoms with Gasteiger partial charge >= 0.3 is 0 Å². The Morgan fingerprint density at radius 1 is 1.31 bits per heavy atom. The lowest BCUT2D eigenvalue weighted by atomic mass is 10.1. The minimum Gasteiger partial charge on any atom is -0.397 e. The van der Waals surface area contributed by atoms with Gasteiger partial charge in [0.25, 0.3) is 6.43 Å². The molecule has 0 atom stereocenters. The molecule has 0 aliphatic rings. The quantitative estimate of drug-likeness (QED) is 0.699. The van der Waals surface area contributed by atoms with E-state index in [1.54, 1.807) is 12.3 Å². The second-order valence-electron chi connectivity index (χ2n) is 2.85. The van der Waals surface area contributed by atoms with Crippen molar-refractivity contribution in [1.29, 1.82) is 0 Å². The van der Waals surface area contributed by atoms with Gasteiger partial charge in [-0.3, -0.25) is 0 Å². The lowest BCUT2D eigenvalue weighted by Gasteiger charge is -1.99. The number of fused-ring (bicyclic) bond motifs is 1. The molecule has 1 heterocycles. The standard InChI is InChI=1S/C9H8F2N2/c10-9(11)5-1-2-8-6(3-5)7(12)4-13-8/h1-4,9,13H,12H2. The molecule has 0 amide bonds. The Morgan fingerprint density at radius 3 is 2.77 bits per heavy atom. The van der Waals surface area contributed by atoms with Crippen LogP contribution in [0.1, 0.15) is 12.0 Å². The molecular formula is C9H8F2N2. The predicted molar refractivity (Wildman–Crippen MR) is 47.7 cm³/mol. The first kappa shape index (κ1) is 8.04. The Hall–Kier alpha value is -1.58. The van der Waals surface area contributed by atoms with Crippen molar-refractivity contribution in [3.63, 3.8) is 0 Å². The third-order valence-corrected chi connectivity index (χ3v) is 1.99. The smallest absolute Gasteiger partial charge is 0.263 e. The number of hydrogen-bond donors (Lipinski definition) is 2. The van der Waals surface area contributed by atoms with Crippen LogP contribution < -0.4 is 5.73 Å². The first-order valence-electron chi connectivity index (χ1n) is 3.83. The number of halogens is 2. The van der Waals surface area contributed by atoms with Gasteiger partial charge in [0.15, 0.2) is 0 Å². The summed E-state index contributed by atoms with van der Waals surface area (Å²) in [7, 11) is 0. The molecule has 0 spiro atoms. The third-order valence-electron chi connectivity index (χ3n) is 1.99. The normalized spacial score (nSPS) is 11.3. The minimum atomic E-state index is -2.45. The Bertz CT molecular complexity index is 434. The van der Waals surface area contributed by atoms with Crippen LogP contribution in [-0.2, 0) is 0 Å². The van der Waals surface area contributed by atoms with Crippen LogP contribution >= 0.6 is 0 Å². The number of hydrogen-bond acceptors (Lipinski definition) is 1. The summed E-state index contributed by atoms with van der Waals surface area (Å²) in [5.41, 5.74) is 6.85. The summed E-state index contributed by atoms with van der Waals surface area (Å²) >= 11 is 0. The molecule has 0 fully saturated rings. The summed E-state index contributed by atoms with van der Waals surface area (Å²) in [6.07, 6.45) is -0.849. The van der Waals surface area contributed by atoms with Crippen LogP contribution in [0.15, 0.2) is 24.4 Å². The third kappa shape index (κ3) is 1.24. The lowest BCUT2D eigenvalue weighted by Crippen LogP contribution is -1.85. The summed E-state index contributed by atoms with van der Waals surface area (Å²) in [4.78, 5) is 2.88. The van der Waals surface area contributed by atoms with Crippen molar-refractivity contribution >= 4 is 16.6 Å². The number of alkyl halides is 2. The molecule has 1 aromatic heterocycles. The van der Waals surface area contributed by atoms with Gasteiger partial charge in [-0.1, -0.05) is 6.07 Å². The maximum Gasteiger partial charge on any atom is 0.263 e. The Kier molecular flexibility index (Phi) is 1.69. The molecule has 0 saturated heterocycles. The number of aromatic amines is 1. The Labute approximate surface area is 73.4 Å². The number of aromatic nitrogens is 1. The molecule has 0 bridgehead atoms. The summed E-state index contributed by atoms with van der Waals surface area (Å²) < 4.78 is 24.6. The minimum absolute atomic E-state index is 0.00111. The van der Waals surface area contributed by atoms with E-state index in [4.69, 9.17) is 5.73 Å². The van der Waals surface area contributed by atoms with Crippen LogP contribution in [0.25, 0.3) is 10.9 Å². The molecule has 0 aliphatic heterocycles. The van der Waals surface area contributed by atoms with Gasteiger partial charge in [0.05, 0.1) is 5.69 Å². The van der Waals surface area contributed by atoms with E-state index in [9.17, 15) is 8.78 Å². The van der Waals surface area contributed by atoms with Gasteiger partial charge in [-0.2, -0.15) is 0 Å². The van der Waals surface area contributed by atoms with Crippen LogP contribution in [0.5, 0.6) is 0 Å². The highest BCUT2D eigenvalue weighted by atomic mass is 19.3. The second kappa shape index (κ2) is 2.73. The molecule has 0 radical (unpaired) electrons. The van der Waals surface area contributed by atoms with E-state index in [1.165, 1.54) is 12.1 Å². The molecule has 2 nitrogen and oxygen atoms in total. The van der Waals surface area contributed by atoms with Gasteiger partial charge in [-0.25, -0.2) is 8.78 Å². The maximum atomic E-state index is 12.3. The summed E-state index contributed by atoms with van der Waals surface area (Å²) in [6, 6.07) is 4.40. The second-order valence-corrected chi connectivity index (χ2v) is 2.85. The van der Waals surface area contributed by atoms with Crippen molar-refractivity contribution in [2.24, 2.45) is 0 Å². The number of nitrogens with one attached hydrogen (secondary N) is 1. The average Bonchev–Trinajstić information content (AvgIpc) is 2.47. The highest BCUT2D eigenvalue weighted by molar-refractivity contribution is 5.91. The highest BCUT2D eigenvalue weighted by Crippen LogP contribution is 2.26. The highest BCUT2D eigenvalue weighted by Gasteiger charge is 2.08. The molecule has 0 aliphatic carbocycles. The number of rotatable bonds is 1. The average molecular weight is 182 g/mol. The molecule has 2 aromatic rings. The summed E-state index contributed by atoms with van der Waals surface area (Å²) in [5.74, 6) is 0. The number of nitrogens with two attached hydrogens (primary N) is 1. The fraction of sp³-hybridized carbons (Fsp3) is 0.111. The maximum absolute atomic E-state index is 12.3. The lowest BCUT2D eigenvalue weighted by molar-refractivity contribution is 0.151. The number of anilines is 1. The van der Waals surface area contributed by atoms with Crippen molar-refractivity contribution in [3.05, 3.63) is 30.0 Å². The largest absolute Gasteiger partial charge is 0.397 e. The zero-order valence-electron chi connectivity index (χ0n) is 6.72. The molecule has 2 rings (SSSR count). The van der Waals surface area contributed by atoms with Gasteiger partial charge in [-0.05, 0) is 12.1 Å². The van der Waals surface area contributed by atoms with Crippen molar-refractivity contribution in [2.75, 3.05) is 5.73 Å². The van der Waals surface area contributed by atoms with Crippen molar-refractivity contribution < 1.29 is 8.78 Å². The number of H-pyrrole nitrogens is 1. The van der Waals surface area contributed by atoms with Gasteiger partial charge < -0.3 is 10.7 Å². The monoisotopic (exact) mass is 182 g/mol. The zero-order valence-corrected chi connectivity index (χ0v) is 6.72. The number of benzene rings is 1. The van der Waals surface area contributed by atoms with E-state index >= 15 is 0 Å². The Balaban J connectivity index is 2.66. The van der Waals surface area contributed by atoms with E-state index in [-0.39, 0.29) is 5.56 Å². The van der Waals surface area contributed by atoms with Crippen molar-refractivity contribution in [1.82, 2.24) is 4.98 Å². The first-order valence-corrected chi connectivity index (χ1v) is 3.83. The van der Waals surface area contributed by atoms with Crippen LogP contribution in [-0.4, -0.2) is 4.98 Å². The van der Waals surface area contributed by atoms with Gasteiger partial charge in [0.1, 0.15) is 0 Å². The van der Waals surface area contributed by atoms with Gasteiger partial charge in [0, 0.05) is 22.7 Å². The van der Waals surface area contributed by atoms with Crippen LogP contribution in [0.4, 0.5) is 14.5 Å². The summed E-state index contributed by atoms with van der Waals surface area (Å²) in [6.45, 7) is 0. The van der Waals surface area contributed by atoms with E-state index < -0.39 is 6.43 Å². The topological polar surface area (TPSA) is 41.8 Å². The summed E-state index contributed by atoms with van der Waals surface area (Å²) in [5, 5.41) is 0.651. The van der Waals surface area contributed by atoms with Crippen molar-refractivity contribution in [2.45, 2.75) is 6.43 Å². The molecule has 68 valence electrons. The SMILES string of the molecule is Nc1c[nH]c2ccc(C(F)F)cc12. The van der Waals surface area contributed by atoms with Gasteiger partial charge in [-0.15, -0.1) is 0 Å². The molecule has 13 heavy (non-hydrogen) atoms. The predicted octanol–water partition coefficient (Wildman–Crippen LogP) is 2.69. The van der Waals surface area contributed by atoms with Gasteiger partial charge in [0.2, 0.25) is 0 Å². The molecule has 0 unspecified atom stereocenters. The first-order chi connectivity index (χ1) is 6.18. The van der Waals surface area contributed by atoms with Crippen LogP contribution in [0, 0.1) is 0 Å². The van der Waals surface area contributed by atoms with E-state index in [0.717, 1.165) is 5.52 Å². The molecular weight excluding hydrogens is 174 g/mol. The molecule has 0 saturated carbocycles. The van der Waals surface area contributed by atoms with Crippen molar-refractivity contribution in [3.8, 4) is 0 Å². The molecule has 1 aromatic carbocycles. The fourth-order valence-electron chi connectivity index (χ4n) is 1.30. The molecule has 4 heteroatoms. The van der Waals surface area contributed by atoms with Crippen LogP contribution in [0.3, 0.4) is 0 Å². The van der Waals surface area contributed by atoms with E-state index in [0.29, 0.717) is 11.1 Å². The fourth-order valence-corrected chi connectivity index (χ4v) is 1.30. The zero-order chi connectivity index (χ0) is 9.42. The van der Waals surface area contributed by atoms with E-state index in [2.05, 4.69) is 4.98 Å². The Morgan fingerprint density at radius 2 is 2.08 bits per heavy atom. The molecule has 3 N–H and O–H groups in total. The van der Waals surface area contributed by atoms with E-state index in [1.807, 2.05) is 0 Å².